The monoisotopic (exact) mass is 698 g/mol. The molecule has 49 heavy (non-hydrogen) atoms. The number of cyclic esters (lactones) is 2. The summed E-state index contributed by atoms with van der Waals surface area (Å²) in [7, 11) is 1.50. The van der Waals surface area contributed by atoms with Crippen molar-refractivity contribution in [3.05, 3.63) is 76.3 Å². The lowest BCUT2D eigenvalue weighted by Gasteiger charge is -2.29. The summed E-state index contributed by atoms with van der Waals surface area (Å²) in [6.07, 6.45) is 1.01. The molecule has 0 aromatic heterocycles. The van der Waals surface area contributed by atoms with Gasteiger partial charge in [-0.05, 0) is 61.1 Å². The molecule has 0 unspecified atom stereocenters. The zero-order valence-electron chi connectivity index (χ0n) is 28.9. The Morgan fingerprint density at radius 1 is 1.02 bits per heavy atom. The van der Waals surface area contributed by atoms with Crippen LogP contribution in [-0.2, 0) is 46.4 Å². The number of nitrogens with one attached hydrogen (secondary N) is 2. The van der Waals surface area contributed by atoms with E-state index in [2.05, 4.69) is 10.6 Å². The zero-order chi connectivity index (χ0) is 35.9. The highest BCUT2D eigenvalue weighted by Gasteiger charge is 2.48. The minimum Gasteiger partial charge on any atom is -0.495 e. The Hall–Kier alpha value is -3.93. The molecule has 2 aromatic rings. The Labute approximate surface area is 292 Å². The maximum atomic E-state index is 13.6. The van der Waals surface area contributed by atoms with E-state index in [1.54, 1.807) is 38.1 Å². The number of ether oxygens (including phenoxy) is 4. The zero-order valence-corrected chi connectivity index (χ0v) is 29.6. The number of aliphatic hydroxyl groups is 1. The van der Waals surface area contributed by atoms with Gasteiger partial charge in [0.15, 0.2) is 6.10 Å². The van der Waals surface area contributed by atoms with Crippen LogP contribution in [0.1, 0.15) is 70.3 Å². The van der Waals surface area contributed by atoms with Crippen LogP contribution >= 0.6 is 11.6 Å². The second-order valence-electron chi connectivity index (χ2n) is 13.8. The lowest BCUT2D eigenvalue weighted by molar-refractivity contribution is -0.179. The number of hydrogen-bond acceptors (Lipinski definition) is 9. The highest BCUT2D eigenvalue weighted by molar-refractivity contribution is 6.32. The number of epoxide rings is 1. The van der Waals surface area contributed by atoms with E-state index >= 15 is 0 Å². The maximum absolute atomic E-state index is 13.6. The van der Waals surface area contributed by atoms with Crippen LogP contribution < -0.4 is 15.4 Å². The van der Waals surface area contributed by atoms with Crippen molar-refractivity contribution in [1.29, 1.82) is 0 Å². The molecular formula is C37H47ClN2O9. The second-order valence-corrected chi connectivity index (χ2v) is 14.2. The van der Waals surface area contributed by atoms with Gasteiger partial charge in [-0.3, -0.25) is 14.4 Å². The van der Waals surface area contributed by atoms with Gasteiger partial charge in [-0.25, -0.2) is 4.79 Å². The summed E-state index contributed by atoms with van der Waals surface area (Å²) in [4.78, 5) is 53.7. The molecule has 2 heterocycles. The molecule has 2 aromatic carbocycles. The number of aliphatic hydroxyl groups excluding tert-OH is 1. The fourth-order valence-electron chi connectivity index (χ4n) is 5.63. The number of halogens is 1. The lowest BCUT2D eigenvalue weighted by Crippen LogP contribution is -2.51. The summed E-state index contributed by atoms with van der Waals surface area (Å²) in [6.45, 7) is 8.77. The van der Waals surface area contributed by atoms with Crippen LogP contribution in [0.2, 0.25) is 5.02 Å². The van der Waals surface area contributed by atoms with Gasteiger partial charge in [-0.1, -0.05) is 68.8 Å². The van der Waals surface area contributed by atoms with Crippen LogP contribution in [0, 0.1) is 17.3 Å². The number of methoxy groups -OCH3 is 1. The van der Waals surface area contributed by atoms with Crippen molar-refractivity contribution >= 4 is 35.4 Å². The third-order valence-corrected chi connectivity index (χ3v) is 9.07. The summed E-state index contributed by atoms with van der Waals surface area (Å²) < 4.78 is 23.1. The number of amides is 2. The van der Waals surface area contributed by atoms with E-state index in [-0.39, 0.29) is 56.5 Å². The van der Waals surface area contributed by atoms with Crippen molar-refractivity contribution in [3.8, 4) is 5.75 Å². The summed E-state index contributed by atoms with van der Waals surface area (Å²) >= 11 is 6.32. The molecular weight excluding hydrogens is 652 g/mol. The topological polar surface area (TPSA) is 153 Å². The van der Waals surface area contributed by atoms with Crippen molar-refractivity contribution in [2.24, 2.45) is 17.3 Å². The van der Waals surface area contributed by atoms with Gasteiger partial charge in [-0.2, -0.15) is 0 Å². The van der Waals surface area contributed by atoms with Crippen LogP contribution in [0.15, 0.2) is 54.6 Å². The van der Waals surface area contributed by atoms with Crippen LogP contribution in [0.5, 0.6) is 5.75 Å². The molecule has 0 spiro atoms. The van der Waals surface area contributed by atoms with E-state index in [1.165, 1.54) is 13.2 Å². The van der Waals surface area contributed by atoms with Gasteiger partial charge in [0.05, 0.1) is 30.3 Å². The van der Waals surface area contributed by atoms with E-state index in [0.29, 0.717) is 16.3 Å². The van der Waals surface area contributed by atoms with E-state index in [0.717, 1.165) is 11.1 Å². The standard InChI is InChI=1S/C37H47ClN2O9/c1-21(2)16-30-35(44)47-28(22(3)32-33(49-32)25-13-10-23(19-41)11-14-25)8-7-9-31(42)40-27(18-24-12-15-29(46-6)26(38)17-24)34(43)39-20-37(4,5)36(45)48-30/h7,9-15,17,21-22,27-28,30,32-33,41H,8,16,18-20H2,1-6H3,(H,39,43)(H,40,42)/b9-7+/t22-,27+,28-,30-,32+,33+/m0/s1. The minimum absolute atomic E-state index is 0.00322. The number of esters is 2. The second kappa shape index (κ2) is 16.7. The molecule has 1 fully saturated rings. The third-order valence-electron chi connectivity index (χ3n) is 8.77. The molecule has 0 aliphatic carbocycles. The number of carbonyl (C=O) groups excluding carboxylic acids is 4. The first kappa shape index (κ1) is 37.9. The highest BCUT2D eigenvalue weighted by Crippen LogP contribution is 2.45. The number of hydrogen-bond donors (Lipinski definition) is 3. The predicted octanol–water partition coefficient (Wildman–Crippen LogP) is 4.62. The molecule has 2 amide bonds. The minimum atomic E-state index is -1.21. The van der Waals surface area contributed by atoms with Crippen molar-refractivity contribution in [2.75, 3.05) is 13.7 Å². The first-order valence-corrected chi connectivity index (χ1v) is 16.9. The van der Waals surface area contributed by atoms with Gasteiger partial charge < -0.3 is 34.7 Å². The Balaban J connectivity index is 1.60. The fourth-order valence-corrected chi connectivity index (χ4v) is 5.92. The van der Waals surface area contributed by atoms with Crippen molar-refractivity contribution in [2.45, 2.75) is 90.9 Å². The molecule has 0 saturated carbocycles. The van der Waals surface area contributed by atoms with Crippen molar-refractivity contribution in [3.63, 3.8) is 0 Å². The molecule has 266 valence electrons. The molecule has 11 nitrogen and oxygen atoms in total. The molecule has 3 N–H and O–H groups in total. The van der Waals surface area contributed by atoms with Gasteiger partial charge in [-0.15, -0.1) is 0 Å². The molecule has 0 bridgehead atoms. The van der Waals surface area contributed by atoms with E-state index in [4.69, 9.17) is 30.5 Å². The molecule has 2 aliphatic rings. The van der Waals surface area contributed by atoms with E-state index in [1.807, 2.05) is 45.0 Å². The van der Waals surface area contributed by atoms with Crippen LogP contribution in [0.3, 0.4) is 0 Å². The van der Waals surface area contributed by atoms with Gasteiger partial charge >= 0.3 is 11.9 Å². The quantitative estimate of drug-likeness (QED) is 0.252. The normalized spacial score (nSPS) is 26.2. The van der Waals surface area contributed by atoms with Crippen LogP contribution in [-0.4, -0.2) is 66.9 Å². The Bertz CT molecular complexity index is 1520. The van der Waals surface area contributed by atoms with Gasteiger partial charge in [0, 0.05) is 25.3 Å². The van der Waals surface area contributed by atoms with E-state index < -0.39 is 47.4 Å². The van der Waals surface area contributed by atoms with Crippen LogP contribution in [0.25, 0.3) is 0 Å². The summed E-state index contributed by atoms with van der Waals surface area (Å²) in [6, 6.07) is 11.5. The molecule has 1 saturated heterocycles. The lowest BCUT2D eigenvalue weighted by atomic mass is 9.92. The molecule has 6 atom stereocenters. The Morgan fingerprint density at radius 3 is 2.35 bits per heavy atom. The van der Waals surface area contributed by atoms with Gasteiger partial charge in [0.1, 0.15) is 24.0 Å². The largest absolute Gasteiger partial charge is 0.495 e. The van der Waals surface area contributed by atoms with Crippen molar-refractivity contribution < 1.29 is 43.2 Å². The maximum Gasteiger partial charge on any atom is 0.347 e. The van der Waals surface area contributed by atoms with Crippen molar-refractivity contribution in [1.82, 2.24) is 10.6 Å². The highest BCUT2D eigenvalue weighted by atomic mass is 35.5. The molecule has 2 aliphatic heterocycles. The van der Waals surface area contributed by atoms with Crippen LogP contribution in [0.4, 0.5) is 0 Å². The van der Waals surface area contributed by atoms with E-state index in [9.17, 15) is 24.3 Å². The first-order chi connectivity index (χ1) is 23.2. The third kappa shape index (κ3) is 10.3. The first-order valence-electron chi connectivity index (χ1n) is 16.6. The average Bonchev–Trinajstić information content (AvgIpc) is 3.86. The molecule has 12 heteroatoms. The molecule has 0 radical (unpaired) electrons. The molecule has 4 rings (SSSR count). The van der Waals surface area contributed by atoms with Gasteiger partial charge in [0.2, 0.25) is 11.8 Å². The summed E-state index contributed by atoms with van der Waals surface area (Å²) in [5, 5.41) is 15.3. The number of benzene rings is 2. The Morgan fingerprint density at radius 2 is 1.71 bits per heavy atom. The number of carbonyl (C=O) groups is 4. The Kier molecular flexibility index (Phi) is 12.9. The SMILES string of the molecule is COc1ccc(C[C@H]2NC(=O)/C=C/C[C@@H]([C@H](C)[C@H]3O[C@@H]3c3ccc(CO)cc3)OC(=O)[C@H](CC(C)C)OC(=O)C(C)(C)CNC2=O)cc1Cl. The fraction of sp³-hybridized carbons (Fsp3) is 0.514. The smallest absolute Gasteiger partial charge is 0.347 e. The predicted molar refractivity (Wildman–Crippen MR) is 183 cm³/mol. The average molecular weight is 699 g/mol. The summed E-state index contributed by atoms with van der Waals surface area (Å²) in [5.41, 5.74) is 1.18. The summed E-state index contributed by atoms with van der Waals surface area (Å²) in [5.74, 6) is -2.21. The number of rotatable bonds is 9. The van der Waals surface area contributed by atoms with Gasteiger partial charge in [0.25, 0.3) is 0 Å².